The lowest BCUT2D eigenvalue weighted by Crippen LogP contribution is -2.43. The van der Waals surface area contributed by atoms with Crippen LogP contribution in [0.1, 0.15) is 11.6 Å². The smallest absolute Gasteiger partial charge is 0.152 e. The zero-order chi connectivity index (χ0) is 13.2. The van der Waals surface area contributed by atoms with E-state index in [0.717, 1.165) is 10.0 Å². The lowest BCUT2D eigenvalue weighted by atomic mass is 10.1. The Hall–Kier alpha value is -0.430. The predicted molar refractivity (Wildman–Crippen MR) is 74.2 cm³/mol. The fraction of sp³-hybridized carbons (Fsp3) is 0.500. The van der Waals surface area contributed by atoms with E-state index in [9.17, 15) is 13.5 Å². The summed E-state index contributed by atoms with van der Waals surface area (Å²) in [4.78, 5) is 2.03. The molecular formula is C12H16BrNO3S. The summed E-state index contributed by atoms with van der Waals surface area (Å²) in [5, 5.41) is 9.53. The third-order valence-corrected chi connectivity index (χ3v) is 5.39. The van der Waals surface area contributed by atoms with Gasteiger partial charge in [0.2, 0.25) is 0 Å². The van der Waals surface area contributed by atoms with Crippen molar-refractivity contribution in [3.63, 3.8) is 0 Å². The molecule has 1 fully saturated rings. The number of halogens is 1. The van der Waals surface area contributed by atoms with Crippen LogP contribution in [-0.4, -0.2) is 49.6 Å². The third-order valence-electron chi connectivity index (χ3n) is 3.25. The second-order valence-electron chi connectivity index (χ2n) is 4.44. The molecule has 1 aromatic carbocycles. The van der Waals surface area contributed by atoms with Crippen LogP contribution in [-0.2, 0) is 9.84 Å². The molecule has 18 heavy (non-hydrogen) atoms. The topological polar surface area (TPSA) is 57.6 Å². The number of sulfone groups is 1. The Morgan fingerprint density at radius 2 is 1.78 bits per heavy atom. The van der Waals surface area contributed by atoms with Crippen molar-refractivity contribution in [2.24, 2.45) is 0 Å². The minimum absolute atomic E-state index is 0.00167. The van der Waals surface area contributed by atoms with Crippen LogP contribution >= 0.6 is 15.9 Å². The zero-order valence-corrected chi connectivity index (χ0v) is 12.3. The van der Waals surface area contributed by atoms with E-state index >= 15 is 0 Å². The number of rotatable bonds is 3. The molecule has 100 valence electrons. The largest absolute Gasteiger partial charge is 0.394 e. The van der Waals surface area contributed by atoms with Gasteiger partial charge in [-0.2, -0.15) is 0 Å². The minimum atomic E-state index is -2.88. The number of nitrogens with zero attached hydrogens (tertiary/aromatic N) is 1. The van der Waals surface area contributed by atoms with Gasteiger partial charge in [-0.15, -0.1) is 0 Å². The average Bonchev–Trinajstić information content (AvgIpc) is 2.34. The van der Waals surface area contributed by atoms with E-state index in [1.165, 1.54) is 0 Å². The van der Waals surface area contributed by atoms with Crippen LogP contribution in [0.4, 0.5) is 0 Å². The highest BCUT2D eigenvalue weighted by Crippen LogP contribution is 2.23. The van der Waals surface area contributed by atoms with Crippen LogP contribution in [0.2, 0.25) is 0 Å². The van der Waals surface area contributed by atoms with Crippen molar-refractivity contribution in [3.8, 4) is 0 Å². The lowest BCUT2D eigenvalue weighted by Gasteiger charge is -2.33. The van der Waals surface area contributed by atoms with Crippen molar-refractivity contribution in [3.05, 3.63) is 34.3 Å². The Bertz CT molecular complexity index is 487. The first-order valence-electron chi connectivity index (χ1n) is 5.82. The van der Waals surface area contributed by atoms with Crippen LogP contribution in [0.5, 0.6) is 0 Å². The van der Waals surface area contributed by atoms with Gasteiger partial charge in [-0.25, -0.2) is 8.42 Å². The summed E-state index contributed by atoms with van der Waals surface area (Å²) in [6.07, 6.45) is 0. The summed E-state index contributed by atoms with van der Waals surface area (Å²) < 4.78 is 23.8. The summed E-state index contributed by atoms with van der Waals surface area (Å²) in [7, 11) is -2.88. The summed E-state index contributed by atoms with van der Waals surface area (Å²) in [6, 6.07) is 7.65. The Kier molecular flexibility index (Phi) is 4.42. The second-order valence-corrected chi connectivity index (χ2v) is 7.66. The quantitative estimate of drug-likeness (QED) is 0.903. The van der Waals surface area contributed by atoms with E-state index in [1.54, 1.807) is 0 Å². The summed E-state index contributed by atoms with van der Waals surface area (Å²) >= 11 is 3.37. The maximum Gasteiger partial charge on any atom is 0.152 e. The third kappa shape index (κ3) is 3.32. The molecule has 4 nitrogen and oxygen atoms in total. The summed E-state index contributed by atoms with van der Waals surface area (Å²) in [6.45, 7) is 0.981. The van der Waals surface area contributed by atoms with Crippen LogP contribution in [0, 0.1) is 0 Å². The average molecular weight is 334 g/mol. The molecule has 0 amide bonds. The standard InChI is InChI=1S/C12H16BrNO3S/c13-11-3-1-10(2-4-11)12(9-15)14-5-7-18(16,17)8-6-14/h1-4,12,15H,5-9H2. The number of hydrogen-bond acceptors (Lipinski definition) is 4. The molecular weight excluding hydrogens is 318 g/mol. The normalized spacial score (nSPS) is 21.7. The first kappa shape index (κ1) is 14.0. The summed E-state index contributed by atoms with van der Waals surface area (Å²) in [5.41, 5.74) is 1.01. The molecule has 2 rings (SSSR count). The van der Waals surface area contributed by atoms with Crippen LogP contribution in [0.25, 0.3) is 0 Å². The number of hydrogen-bond donors (Lipinski definition) is 1. The molecule has 1 aromatic rings. The number of aliphatic hydroxyl groups excluding tert-OH is 1. The number of aliphatic hydroxyl groups is 1. The van der Waals surface area contributed by atoms with Crippen molar-refractivity contribution in [2.45, 2.75) is 6.04 Å². The molecule has 0 aliphatic carbocycles. The highest BCUT2D eigenvalue weighted by molar-refractivity contribution is 9.10. The molecule has 6 heteroatoms. The molecule has 1 N–H and O–H groups in total. The van der Waals surface area contributed by atoms with Gasteiger partial charge in [0.25, 0.3) is 0 Å². The lowest BCUT2D eigenvalue weighted by molar-refractivity contribution is 0.131. The molecule has 0 saturated carbocycles. The molecule has 0 spiro atoms. The van der Waals surface area contributed by atoms with Gasteiger partial charge in [0.05, 0.1) is 24.2 Å². The van der Waals surface area contributed by atoms with Gasteiger partial charge in [0.15, 0.2) is 9.84 Å². The van der Waals surface area contributed by atoms with E-state index in [1.807, 2.05) is 29.2 Å². The van der Waals surface area contributed by atoms with Crippen molar-refractivity contribution in [1.29, 1.82) is 0 Å². The maximum absolute atomic E-state index is 11.4. The van der Waals surface area contributed by atoms with E-state index < -0.39 is 9.84 Å². The van der Waals surface area contributed by atoms with Crippen LogP contribution in [0.15, 0.2) is 28.7 Å². The van der Waals surface area contributed by atoms with Gasteiger partial charge in [-0.1, -0.05) is 28.1 Å². The molecule has 1 saturated heterocycles. The minimum Gasteiger partial charge on any atom is -0.394 e. The molecule has 1 aliphatic heterocycles. The number of benzene rings is 1. The Labute approximate surface area is 116 Å². The van der Waals surface area contributed by atoms with Crippen molar-refractivity contribution >= 4 is 25.8 Å². The van der Waals surface area contributed by atoms with Crippen molar-refractivity contribution < 1.29 is 13.5 Å². The highest BCUT2D eigenvalue weighted by atomic mass is 79.9. The van der Waals surface area contributed by atoms with Gasteiger partial charge in [-0.05, 0) is 17.7 Å². The molecule has 1 aliphatic rings. The van der Waals surface area contributed by atoms with E-state index in [4.69, 9.17) is 0 Å². The zero-order valence-electron chi connectivity index (χ0n) is 9.92. The SMILES string of the molecule is O=S1(=O)CCN(C(CO)c2ccc(Br)cc2)CC1. The molecule has 0 bridgehead atoms. The molecule has 0 aromatic heterocycles. The molecule has 1 atom stereocenters. The first-order chi connectivity index (χ1) is 8.52. The fourth-order valence-electron chi connectivity index (χ4n) is 2.15. The molecule has 1 unspecified atom stereocenters. The Morgan fingerprint density at radius 1 is 1.22 bits per heavy atom. The van der Waals surface area contributed by atoms with Crippen molar-refractivity contribution in [1.82, 2.24) is 4.90 Å². The monoisotopic (exact) mass is 333 g/mol. The predicted octanol–water partition coefficient (Wildman–Crippen LogP) is 1.21. The van der Waals surface area contributed by atoms with Crippen molar-refractivity contribution in [2.75, 3.05) is 31.2 Å². The van der Waals surface area contributed by atoms with Crippen LogP contribution in [0.3, 0.4) is 0 Å². The van der Waals surface area contributed by atoms with E-state index in [2.05, 4.69) is 15.9 Å². The van der Waals surface area contributed by atoms with Gasteiger partial charge in [0, 0.05) is 17.6 Å². The fourth-order valence-corrected chi connectivity index (χ4v) is 3.65. The molecule has 1 heterocycles. The van der Waals surface area contributed by atoms with E-state index in [-0.39, 0.29) is 24.2 Å². The first-order valence-corrected chi connectivity index (χ1v) is 8.44. The van der Waals surface area contributed by atoms with Gasteiger partial charge in [-0.3, -0.25) is 4.90 Å². The van der Waals surface area contributed by atoms with E-state index in [0.29, 0.717) is 13.1 Å². The van der Waals surface area contributed by atoms with Gasteiger partial charge < -0.3 is 5.11 Å². The van der Waals surface area contributed by atoms with Crippen LogP contribution < -0.4 is 0 Å². The Morgan fingerprint density at radius 3 is 2.28 bits per heavy atom. The van der Waals surface area contributed by atoms with Gasteiger partial charge >= 0.3 is 0 Å². The highest BCUT2D eigenvalue weighted by Gasteiger charge is 2.27. The summed E-state index contributed by atoms with van der Waals surface area (Å²) in [5.74, 6) is 0.361. The Balaban J connectivity index is 2.12. The molecule has 0 radical (unpaired) electrons. The second kappa shape index (κ2) is 5.69. The van der Waals surface area contributed by atoms with Gasteiger partial charge in [0.1, 0.15) is 0 Å². The maximum atomic E-state index is 11.4.